The molecule has 3 N–H and O–H groups in total. The molecule has 0 saturated carbocycles. The fourth-order valence-corrected chi connectivity index (χ4v) is 7.64. The van der Waals surface area contributed by atoms with E-state index in [4.69, 9.17) is 4.74 Å². The number of rotatable bonds is 45. The van der Waals surface area contributed by atoms with Crippen molar-refractivity contribution in [2.75, 3.05) is 6.61 Å². The summed E-state index contributed by atoms with van der Waals surface area (Å²) in [6.45, 7) is 6.44. The minimum atomic E-state index is -0.788. The molecule has 0 spiro atoms. The molecule has 0 bridgehead atoms. The normalized spacial score (nSPS) is 13.4. The Hall–Kier alpha value is -1.66. The average molecular weight is 804 g/mol. The van der Waals surface area contributed by atoms with E-state index in [1.807, 2.05) is 0 Å². The number of aliphatic hydroxyl groups is 2. The standard InChI is InChI=1S/C51H97NO5/c1-4-7-10-13-16-19-21-23-24-25-27-29-32-35-38-41-44-51(56)57-47(42-39-36-33-30-18-15-12-9-6-3)45-50(55)52-48(46-53)49(54)43-40-37-34-31-28-26-22-20-17-14-11-8-5-2/h15,18,24-25,47-49,53-54H,4-14,16-17,19-23,26-46H2,1-3H3,(H,52,55)/b18-15-,25-24+. The maximum absolute atomic E-state index is 13.1. The highest BCUT2D eigenvalue weighted by molar-refractivity contribution is 5.77. The van der Waals surface area contributed by atoms with Crippen LogP contribution in [0.2, 0.25) is 0 Å². The number of hydrogen-bond donors (Lipinski definition) is 3. The molecule has 6 heteroatoms. The van der Waals surface area contributed by atoms with Crippen molar-refractivity contribution in [2.45, 2.75) is 283 Å². The SMILES string of the molecule is CCCC/C=C\CCCCCC(CC(=O)NC(CO)C(O)CCCCCCCCCCCCCCC)OC(=O)CCCCCCC/C=C/CCCCCCCCC. The van der Waals surface area contributed by atoms with Crippen LogP contribution in [-0.4, -0.2) is 46.9 Å². The summed E-state index contributed by atoms with van der Waals surface area (Å²) in [6, 6.07) is -0.703. The van der Waals surface area contributed by atoms with E-state index in [0.29, 0.717) is 19.3 Å². The van der Waals surface area contributed by atoms with E-state index in [1.54, 1.807) is 0 Å². The van der Waals surface area contributed by atoms with Gasteiger partial charge in [0.25, 0.3) is 0 Å². The second-order valence-electron chi connectivity index (χ2n) is 17.2. The van der Waals surface area contributed by atoms with E-state index in [1.165, 1.54) is 148 Å². The molecule has 3 atom stereocenters. The van der Waals surface area contributed by atoms with Crippen LogP contribution in [-0.2, 0) is 14.3 Å². The van der Waals surface area contributed by atoms with E-state index in [2.05, 4.69) is 50.4 Å². The molecule has 336 valence electrons. The molecule has 0 heterocycles. The molecule has 0 aromatic heterocycles. The highest BCUT2D eigenvalue weighted by atomic mass is 16.5. The van der Waals surface area contributed by atoms with Gasteiger partial charge in [-0.1, -0.05) is 206 Å². The van der Waals surface area contributed by atoms with Gasteiger partial charge in [-0.2, -0.15) is 0 Å². The molecule has 6 nitrogen and oxygen atoms in total. The first-order chi connectivity index (χ1) is 28.0. The van der Waals surface area contributed by atoms with Gasteiger partial charge >= 0.3 is 5.97 Å². The molecule has 57 heavy (non-hydrogen) atoms. The maximum atomic E-state index is 13.1. The number of carbonyl (C=O) groups is 2. The number of hydrogen-bond acceptors (Lipinski definition) is 5. The first kappa shape index (κ1) is 55.3. The number of nitrogens with one attached hydrogen (secondary N) is 1. The second kappa shape index (κ2) is 45.4. The van der Waals surface area contributed by atoms with Crippen molar-refractivity contribution in [1.29, 1.82) is 0 Å². The fourth-order valence-electron chi connectivity index (χ4n) is 7.64. The van der Waals surface area contributed by atoms with Crippen molar-refractivity contribution < 1.29 is 24.5 Å². The summed E-state index contributed by atoms with van der Waals surface area (Å²) < 4.78 is 5.90. The minimum absolute atomic E-state index is 0.0666. The van der Waals surface area contributed by atoms with Crippen molar-refractivity contribution in [3.05, 3.63) is 24.3 Å². The predicted octanol–water partition coefficient (Wildman–Crippen LogP) is 14.7. The monoisotopic (exact) mass is 804 g/mol. The van der Waals surface area contributed by atoms with Crippen molar-refractivity contribution in [3.63, 3.8) is 0 Å². The van der Waals surface area contributed by atoms with Gasteiger partial charge in [0.05, 0.1) is 25.2 Å². The van der Waals surface area contributed by atoms with Gasteiger partial charge in [0.15, 0.2) is 0 Å². The number of esters is 1. The maximum Gasteiger partial charge on any atom is 0.306 e. The Morgan fingerprint density at radius 3 is 1.32 bits per heavy atom. The molecule has 1 amide bonds. The van der Waals surface area contributed by atoms with Gasteiger partial charge in [0, 0.05) is 6.42 Å². The van der Waals surface area contributed by atoms with Crippen LogP contribution in [0.3, 0.4) is 0 Å². The Balaban J connectivity index is 4.47. The van der Waals surface area contributed by atoms with E-state index < -0.39 is 18.2 Å². The van der Waals surface area contributed by atoms with Crippen LogP contribution < -0.4 is 5.32 Å². The van der Waals surface area contributed by atoms with Crippen LogP contribution in [0.1, 0.15) is 265 Å². The Bertz CT molecular complexity index is 904. The Kier molecular flexibility index (Phi) is 44.1. The van der Waals surface area contributed by atoms with E-state index in [0.717, 1.165) is 70.6 Å². The molecule has 3 unspecified atom stereocenters. The van der Waals surface area contributed by atoms with Crippen molar-refractivity contribution in [3.8, 4) is 0 Å². The van der Waals surface area contributed by atoms with Gasteiger partial charge < -0.3 is 20.3 Å². The molecule has 0 fully saturated rings. The molecule has 0 aromatic rings. The number of unbranched alkanes of at least 4 members (excludes halogenated alkanes) is 29. The van der Waals surface area contributed by atoms with Gasteiger partial charge in [-0.15, -0.1) is 0 Å². The summed E-state index contributed by atoms with van der Waals surface area (Å²) in [5, 5.41) is 23.7. The zero-order valence-corrected chi connectivity index (χ0v) is 38.2. The molecule has 0 radical (unpaired) electrons. The van der Waals surface area contributed by atoms with Gasteiger partial charge in [0.1, 0.15) is 6.10 Å². The van der Waals surface area contributed by atoms with Crippen LogP contribution in [0.25, 0.3) is 0 Å². The average Bonchev–Trinajstić information content (AvgIpc) is 3.20. The minimum Gasteiger partial charge on any atom is -0.462 e. The molecule has 0 rings (SSSR count). The third kappa shape index (κ3) is 40.9. The molecule has 0 aliphatic heterocycles. The Morgan fingerprint density at radius 1 is 0.491 bits per heavy atom. The molecule has 0 aromatic carbocycles. The van der Waals surface area contributed by atoms with Crippen LogP contribution in [0.4, 0.5) is 0 Å². The van der Waals surface area contributed by atoms with Crippen molar-refractivity contribution >= 4 is 11.9 Å². The smallest absolute Gasteiger partial charge is 0.306 e. The van der Waals surface area contributed by atoms with Crippen LogP contribution in [0, 0.1) is 0 Å². The van der Waals surface area contributed by atoms with E-state index >= 15 is 0 Å². The summed E-state index contributed by atoms with van der Waals surface area (Å²) in [5.74, 6) is -0.493. The van der Waals surface area contributed by atoms with E-state index in [-0.39, 0.29) is 24.9 Å². The first-order valence-electron chi connectivity index (χ1n) is 25.1. The molecular weight excluding hydrogens is 707 g/mol. The summed E-state index contributed by atoms with van der Waals surface area (Å²) >= 11 is 0. The number of amides is 1. The van der Waals surface area contributed by atoms with E-state index in [9.17, 15) is 19.8 Å². The largest absolute Gasteiger partial charge is 0.462 e. The lowest BCUT2D eigenvalue weighted by atomic mass is 10.0. The fraction of sp³-hybridized carbons (Fsp3) is 0.882. The zero-order chi connectivity index (χ0) is 41.7. The van der Waals surface area contributed by atoms with Gasteiger partial charge in [-0.25, -0.2) is 0 Å². The van der Waals surface area contributed by atoms with Gasteiger partial charge in [-0.3, -0.25) is 9.59 Å². The molecule has 0 aliphatic carbocycles. The van der Waals surface area contributed by atoms with Crippen LogP contribution >= 0.6 is 0 Å². The quantitative estimate of drug-likeness (QED) is 0.0324. The number of carbonyl (C=O) groups excluding carboxylic acids is 2. The number of allylic oxidation sites excluding steroid dienone is 4. The Morgan fingerprint density at radius 2 is 0.860 bits per heavy atom. The third-order valence-electron chi connectivity index (χ3n) is 11.5. The second-order valence-corrected chi connectivity index (χ2v) is 17.2. The van der Waals surface area contributed by atoms with Crippen LogP contribution in [0.15, 0.2) is 24.3 Å². The first-order valence-corrected chi connectivity index (χ1v) is 25.1. The third-order valence-corrected chi connectivity index (χ3v) is 11.5. The summed E-state index contributed by atoms with van der Waals surface area (Å²) in [4.78, 5) is 26.0. The summed E-state index contributed by atoms with van der Waals surface area (Å²) in [7, 11) is 0. The highest BCUT2D eigenvalue weighted by Gasteiger charge is 2.24. The lowest BCUT2D eigenvalue weighted by Crippen LogP contribution is -2.46. The summed E-state index contributed by atoms with van der Waals surface area (Å²) in [6.07, 6.45) is 51.0. The molecular formula is C51H97NO5. The number of aliphatic hydroxyl groups excluding tert-OH is 2. The zero-order valence-electron chi connectivity index (χ0n) is 38.2. The Labute approximate surface area is 354 Å². The van der Waals surface area contributed by atoms with Crippen molar-refractivity contribution in [2.24, 2.45) is 0 Å². The van der Waals surface area contributed by atoms with Gasteiger partial charge in [0.2, 0.25) is 5.91 Å². The lowest BCUT2D eigenvalue weighted by Gasteiger charge is -2.24. The van der Waals surface area contributed by atoms with Crippen molar-refractivity contribution in [1.82, 2.24) is 5.32 Å². The summed E-state index contributed by atoms with van der Waals surface area (Å²) in [5.41, 5.74) is 0. The lowest BCUT2D eigenvalue weighted by molar-refractivity contribution is -0.151. The molecule has 0 aliphatic rings. The molecule has 0 saturated heterocycles. The highest BCUT2D eigenvalue weighted by Crippen LogP contribution is 2.17. The number of ether oxygens (including phenoxy) is 1. The topological polar surface area (TPSA) is 95.9 Å². The van der Waals surface area contributed by atoms with Gasteiger partial charge in [-0.05, 0) is 70.6 Å². The predicted molar refractivity (Wildman–Crippen MR) is 246 cm³/mol. The van der Waals surface area contributed by atoms with Crippen LogP contribution in [0.5, 0.6) is 0 Å².